The Morgan fingerprint density at radius 3 is 2.71 bits per heavy atom. The number of hydrogen-bond donors (Lipinski definition) is 2. The highest BCUT2D eigenvalue weighted by molar-refractivity contribution is 7.10. The maximum atomic E-state index is 12.7. The summed E-state index contributed by atoms with van der Waals surface area (Å²) >= 11 is 7.87. The summed E-state index contributed by atoms with van der Waals surface area (Å²) < 4.78 is 0. The Morgan fingerprint density at radius 2 is 1.90 bits per heavy atom. The average molecular weight is 454 g/mol. The molecule has 0 aliphatic carbocycles. The van der Waals surface area contributed by atoms with E-state index in [0.29, 0.717) is 10.7 Å². The molecule has 0 radical (unpaired) electrons. The van der Waals surface area contributed by atoms with Crippen molar-refractivity contribution in [1.29, 1.82) is 0 Å². The Morgan fingerprint density at radius 1 is 1.10 bits per heavy atom. The minimum Gasteiger partial charge on any atom is -0.346 e. The Bertz CT molecular complexity index is 1080. The maximum Gasteiger partial charge on any atom is 0.243 e. The Hall–Kier alpha value is -2.67. The topological polar surface area (TPSA) is 61.4 Å². The number of halogens is 1. The summed E-state index contributed by atoms with van der Waals surface area (Å²) in [5.41, 5.74) is 3.89. The first-order valence-electron chi connectivity index (χ1n) is 10.2. The zero-order valence-corrected chi connectivity index (χ0v) is 18.8. The van der Waals surface area contributed by atoms with Gasteiger partial charge < -0.3 is 10.6 Å². The van der Waals surface area contributed by atoms with Gasteiger partial charge in [0.15, 0.2) is 0 Å². The van der Waals surface area contributed by atoms with E-state index >= 15 is 0 Å². The fourth-order valence-corrected chi connectivity index (χ4v) is 5.00. The molecule has 160 valence electrons. The first kappa shape index (κ1) is 21.6. The predicted octanol–water partition coefficient (Wildman–Crippen LogP) is 4.41. The van der Waals surface area contributed by atoms with Crippen LogP contribution in [0.4, 0.5) is 5.69 Å². The first-order chi connectivity index (χ1) is 15.0. The zero-order valence-electron chi connectivity index (χ0n) is 17.2. The predicted molar refractivity (Wildman–Crippen MR) is 126 cm³/mol. The molecular weight excluding hydrogens is 430 g/mol. The van der Waals surface area contributed by atoms with Crippen LogP contribution in [0.1, 0.15) is 27.6 Å². The molecule has 1 atom stereocenters. The van der Waals surface area contributed by atoms with E-state index < -0.39 is 0 Å². The molecular formula is C24H24ClN3O2S. The number of hydrogen-bond acceptors (Lipinski definition) is 4. The van der Waals surface area contributed by atoms with Crippen molar-refractivity contribution in [3.8, 4) is 0 Å². The first-order valence-corrected chi connectivity index (χ1v) is 11.5. The van der Waals surface area contributed by atoms with Crippen molar-refractivity contribution < 1.29 is 9.59 Å². The lowest BCUT2D eigenvalue weighted by Crippen LogP contribution is -2.44. The SMILES string of the molecule is Cc1c(Cl)cccc1NC(=O)CNC(=O)CN1CCc2sccc2C1c1ccccc1. The molecule has 0 spiro atoms. The molecule has 7 heteroatoms. The Labute approximate surface area is 191 Å². The van der Waals surface area contributed by atoms with E-state index in [2.05, 4.69) is 39.1 Å². The fraction of sp³-hybridized carbons (Fsp3) is 0.250. The molecule has 3 aromatic rings. The maximum absolute atomic E-state index is 12.7. The molecule has 0 saturated carbocycles. The summed E-state index contributed by atoms with van der Waals surface area (Å²) in [4.78, 5) is 28.5. The van der Waals surface area contributed by atoms with Crippen molar-refractivity contribution in [2.75, 3.05) is 25.0 Å². The van der Waals surface area contributed by atoms with Crippen molar-refractivity contribution in [1.82, 2.24) is 10.2 Å². The molecule has 4 rings (SSSR count). The highest BCUT2D eigenvalue weighted by atomic mass is 35.5. The number of carbonyl (C=O) groups is 2. The number of carbonyl (C=O) groups excluding carboxylic acids is 2. The van der Waals surface area contributed by atoms with Crippen LogP contribution in [0, 0.1) is 6.92 Å². The van der Waals surface area contributed by atoms with Gasteiger partial charge in [0.25, 0.3) is 0 Å². The number of nitrogens with zero attached hydrogens (tertiary/aromatic N) is 1. The molecule has 2 aromatic carbocycles. The van der Waals surface area contributed by atoms with Gasteiger partial charge in [-0.25, -0.2) is 0 Å². The highest BCUT2D eigenvalue weighted by Gasteiger charge is 2.30. The zero-order chi connectivity index (χ0) is 21.8. The summed E-state index contributed by atoms with van der Waals surface area (Å²) in [5.74, 6) is -0.449. The minimum atomic E-state index is -0.280. The van der Waals surface area contributed by atoms with E-state index in [1.165, 1.54) is 16.0 Å². The van der Waals surface area contributed by atoms with Gasteiger partial charge in [0, 0.05) is 22.1 Å². The lowest BCUT2D eigenvalue weighted by molar-refractivity contribution is -0.125. The van der Waals surface area contributed by atoms with Crippen LogP contribution >= 0.6 is 22.9 Å². The number of amides is 2. The van der Waals surface area contributed by atoms with Gasteiger partial charge in [-0.05, 0) is 53.6 Å². The van der Waals surface area contributed by atoms with Crippen LogP contribution in [-0.4, -0.2) is 36.3 Å². The van der Waals surface area contributed by atoms with Gasteiger partial charge in [-0.15, -0.1) is 11.3 Å². The largest absolute Gasteiger partial charge is 0.346 e. The monoisotopic (exact) mass is 453 g/mol. The smallest absolute Gasteiger partial charge is 0.243 e. The van der Waals surface area contributed by atoms with Crippen LogP contribution in [0.15, 0.2) is 60.0 Å². The van der Waals surface area contributed by atoms with Crippen LogP contribution in [-0.2, 0) is 16.0 Å². The van der Waals surface area contributed by atoms with E-state index in [4.69, 9.17) is 11.6 Å². The second-order valence-electron chi connectivity index (χ2n) is 7.57. The molecule has 2 amide bonds. The molecule has 0 fully saturated rings. The average Bonchev–Trinajstić information content (AvgIpc) is 3.25. The number of fused-ring (bicyclic) bond motifs is 1. The van der Waals surface area contributed by atoms with Gasteiger partial charge in [-0.2, -0.15) is 0 Å². The number of benzene rings is 2. The van der Waals surface area contributed by atoms with Gasteiger partial charge in [-0.3, -0.25) is 14.5 Å². The summed E-state index contributed by atoms with van der Waals surface area (Å²) in [7, 11) is 0. The minimum absolute atomic E-state index is 0.0462. The lowest BCUT2D eigenvalue weighted by atomic mass is 9.93. The third kappa shape index (κ3) is 4.98. The number of anilines is 1. The summed E-state index contributed by atoms with van der Waals surface area (Å²) in [6.07, 6.45) is 0.929. The van der Waals surface area contributed by atoms with Crippen molar-refractivity contribution in [3.05, 3.63) is 86.6 Å². The lowest BCUT2D eigenvalue weighted by Gasteiger charge is -2.35. The van der Waals surface area contributed by atoms with Crippen LogP contribution in [0.3, 0.4) is 0 Å². The van der Waals surface area contributed by atoms with Crippen molar-refractivity contribution in [2.24, 2.45) is 0 Å². The van der Waals surface area contributed by atoms with Gasteiger partial charge in [0.05, 0.1) is 19.1 Å². The molecule has 1 aromatic heterocycles. The summed E-state index contributed by atoms with van der Waals surface area (Å²) in [5, 5.41) is 8.26. The summed E-state index contributed by atoms with van der Waals surface area (Å²) in [6, 6.07) is 17.8. The number of rotatable bonds is 6. The van der Waals surface area contributed by atoms with E-state index in [0.717, 1.165) is 18.5 Å². The van der Waals surface area contributed by atoms with Crippen molar-refractivity contribution >= 4 is 40.4 Å². The molecule has 5 nitrogen and oxygen atoms in total. The molecule has 0 bridgehead atoms. The third-order valence-electron chi connectivity index (χ3n) is 5.52. The van der Waals surface area contributed by atoms with Gasteiger partial charge in [0.2, 0.25) is 11.8 Å². The highest BCUT2D eigenvalue weighted by Crippen LogP contribution is 2.37. The van der Waals surface area contributed by atoms with Gasteiger partial charge >= 0.3 is 0 Å². The fourth-order valence-electron chi connectivity index (χ4n) is 3.92. The molecule has 1 aliphatic heterocycles. The molecule has 0 saturated heterocycles. The van der Waals surface area contributed by atoms with Crippen LogP contribution in [0.25, 0.3) is 0 Å². The molecule has 1 aliphatic rings. The van der Waals surface area contributed by atoms with Gasteiger partial charge in [-0.1, -0.05) is 48.0 Å². The van der Waals surface area contributed by atoms with E-state index in [9.17, 15) is 9.59 Å². The van der Waals surface area contributed by atoms with Crippen LogP contribution in [0.5, 0.6) is 0 Å². The van der Waals surface area contributed by atoms with Crippen molar-refractivity contribution in [3.63, 3.8) is 0 Å². The molecule has 2 N–H and O–H groups in total. The number of nitrogens with one attached hydrogen (secondary N) is 2. The molecule has 2 heterocycles. The van der Waals surface area contributed by atoms with Gasteiger partial charge in [0.1, 0.15) is 0 Å². The second-order valence-corrected chi connectivity index (χ2v) is 8.98. The van der Waals surface area contributed by atoms with Crippen LogP contribution < -0.4 is 10.6 Å². The quantitative estimate of drug-likeness (QED) is 0.581. The summed E-state index contributed by atoms with van der Waals surface area (Å²) in [6.45, 7) is 2.79. The van der Waals surface area contributed by atoms with E-state index in [1.807, 2.05) is 25.1 Å². The third-order valence-corrected chi connectivity index (χ3v) is 6.92. The number of thiophene rings is 1. The Kier molecular flexibility index (Phi) is 6.70. The normalized spacial score (nSPS) is 15.9. The Balaban J connectivity index is 1.38. The molecule has 1 unspecified atom stereocenters. The standard InChI is InChI=1S/C24H24ClN3O2S/c1-16-19(25)8-5-9-20(16)27-22(29)14-26-23(30)15-28-12-10-21-18(11-13-31-21)24(28)17-6-3-2-4-7-17/h2-9,11,13,24H,10,12,14-15H2,1H3,(H,26,30)(H,27,29). The second kappa shape index (κ2) is 9.64. The van der Waals surface area contributed by atoms with Crippen LogP contribution in [0.2, 0.25) is 5.02 Å². The van der Waals surface area contributed by atoms with E-state index in [1.54, 1.807) is 29.5 Å². The van der Waals surface area contributed by atoms with Crippen molar-refractivity contribution in [2.45, 2.75) is 19.4 Å². The molecule has 31 heavy (non-hydrogen) atoms. The van der Waals surface area contributed by atoms with E-state index in [-0.39, 0.29) is 30.9 Å².